The molecule has 0 saturated carbocycles. The monoisotopic (exact) mass is 428 g/mol. The van der Waals surface area contributed by atoms with Gasteiger partial charge in [0.1, 0.15) is 17.1 Å². The van der Waals surface area contributed by atoms with Crippen molar-refractivity contribution in [2.24, 2.45) is 0 Å². The van der Waals surface area contributed by atoms with Crippen molar-refractivity contribution in [1.82, 2.24) is 24.9 Å². The average Bonchev–Trinajstić information content (AvgIpc) is 3.26. The van der Waals surface area contributed by atoms with Crippen molar-refractivity contribution in [1.29, 1.82) is 0 Å². The summed E-state index contributed by atoms with van der Waals surface area (Å²) < 4.78 is 7.14. The fourth-order valence-electron chi connectivity index (χ4n) is 4.03. The summed E-state index contributed by atoms with van der Waals surface area (Å²) in [6.45, 7) is 3.44. The first-order valence-electron chi connectivity index (χ1n) is 10.6. The number of piperazine rings is 1. The molecule has 1 aliphatic heterocycles. The number of anilines is 1. The summed E-state index contributed by atoms with van der Waals surface area (Å²) in [6.07, 6.45) is 1.80. The number of pyridine rings is 1. The van der Waals surface area contributed by atoms with Crippen molar-refractivity contribution < 1.29 is 9.53 Å². The number of benzene rings is 2. The lowest BCUT2D eigenvalue weighted by Gasteiger charge is -2.35. The van der Waals surface area contributed by atoms with E-state index in [0.29, 0.717) is 30.7 Å². The number of carbonyl (C=O) groups is 1. The van der Waals surface area contributed by atoms with Gasteiger partial charge in [-0.05, 0) is 48.0 Å². The molecule has 1 amide bonds. The zero-order chi connectivity index (χ0) is 21.9. The van der Waals surface area contributed by atoms with E-state index < -0.39 is 0 Å². The van der Waals surface area contributed by atoms with Gasteiger partial charge in [0, 0.05) is 37.9 Å². The molecule has 0 radical (unpaired) electrons. The molecule has 2 aromatic heterocycles. The van der Waals surface area contributed by atoms with E-state index in [1.54, 1.807) is 13.3 Å². The summed E-state index contributed by atoms with van der Waals surface area (Å²) in [6, 6.07) is 19.4. The molecule has 4 aromatic rings. The molecule has 3 heterocycles. The maximum Gasteiger partial charge on any atom is 0.254 e. The van der Waals surface area contributed by atoms with Crippen molar-refractivity contribution in [3.8, 4) is 5.75 Å². The van der Waals surface area contributed by atoms with E-state index in [0.717, 1.165) is 35.7 Å². The molecule has 1 fully saturated rings. The van der Waals surface area contributed by atoms with E-state index in [9.17, 15) is 4.79 Å². The number of ether oxygens (including phenoxy) is 1. The fraction of sp³-hybridized carbons (Fsp3) is 0.250. The first-order chi connectivity index (χ1) is 15.7. The topological polar surface area (TPSA) is 76.4 Å². The highest BCUT2D eigenvalue weighted by Gasteiger charge is 2.23. The van der Waals surface area contributed by atoms with Gasteiger partial charge < -0.3 is 14.5 Å². The molecule has 5 rings (SSSR count). The van der Waals surface area contributed by atoms with Gasteiger partial charge in [-0.2, -0.15) is 0 Å². The maximum absolute atomic E-state index is 13.1. The molecule has 1 saturated heterocycles. The lowest BCUT2D eigenvalue weighted by atomic mass is 10.1. The van der Waals surface area contributed by atoms with Crippen molar-refractivity contribution in [2.45, 2.75) is 6.54 Å². The SMILES string of the molecule is COc1cccc(Cn2nnc3cc(C(=O)N4CCN(c5ccccn5)CC4)ccc32)c1. The van der Waals surface area contributed by atoms with Gasteiger partial charge in [-0.25, -0.2) is 9.67 Å². The molecule has 32 heavy (non-hydrogen) atoms. The van der Waals surface area contributed by atoms with E-state index in [4.69, 9.17) is 4.74 Å². The van der Waals surface area contributed by atoms with E-state index in [-0.39, 0.29) is 5.91 Å². The summed E-state index contributed by atoms with van der Waals surface area (Å²) in [4.78, 5) is 21.6. The molecule has 0 aliphatic carbocycles. The van der Waals surface area contributed by atoms with Crippen LogP contribution in [0.3, 0.4) is 0 Å². The van der Waals surface area contributed by atoms with Crippen molar-refractivity contribution >= 4 is 22.8 Å². The molecule has 162 valence electrons. The number of nitrogens with zero attached hydrogens (tertiary/aromatic N) is 6. The standard InChI is InChI=1S/C24H24N6O2/c1-32-20-6-4-5-18(15-20)17-30-22-9-8-19(16-21(22)26-27-30)24(31)29-13-11-28(12-14-29)23-7-2-3-10-25-23/h2-10,15-16H,11-14,17H2,1H3. The third-order valence-electron chi connectivity index (χ3n) is 5.77. The molecule has 0 spiro atoms. The average molecular weight is 428 g/mol. The van der Waals surface area contributed by atoms with Gasteiger partial charge in [-0.15, -0.1) is 5.10 Å². The van der Waals surface area contributed by atoms with E-state index in [1.165, 1.54) is 0 Å². The number of hydrogen-bond acceptors (Lipinski definition) is 6. The van der Waals surface area contributed by atoms with Crippen LogP contribution in [0, 0.1) is 0 Å². The van der Waals surface area contributed by atoms with Crippen LogP contribution in [0.15, 0.2) is 66.9 Å². The smallest absolute Gasteiger partial charge is 0.254 e. The second-order valence-electron chi connectivity index (χ2n) is 7.77. The number of aromatic nitrogens is 4. The Morgan fingerprint density at radius 1 is 1.00 bits per heavy atom. The summed E-state index contributed by atoms with van der Waals surface area (Å²) >= 11 is 0. The van der Waals surface area contributed by atoms with Gasteiger partial charge in [-0.1, -0.05) is 23.4 Å². The lowest BCUT2D eigenvalue weighted by Crippen LogP contribution is -2.49. The molecular weight excluding hydrogens is 404 g/mol. The van der Waals surface area contributed by atoms with Gasteiger partial charge in [0.25, 0.3) is 5.91 Å². The number of fused-ring (bicyclic) bond motifs is 1. The van der Waals surface area contributed by atoms with Crippen molar-refractivity contribution in [3.05, 3.63) is 78.0 Å². The summed E-state index contributed by atoms with van der Waals surface area (Å²) in [5.74, 6) is 1.78. The normalized spacial score (nSPS) is 14.0. The molecular formula is C24H24N6O2. The summed E-state index contributed by atoms with van der Waals surface area (Å²) in [7, 11) is 1.65. The first kappa shape index (κ1) is 20.0. The number of rotatable bonds is 5. The Morgan fingerprint density at radius 2 is 1.88 bits per heavy atom. The Labute approximate surface area is 186 Å². The predicted molar refractivity (Wildman–Crippen MR) is 122 cm³/mol. The first-order valence-corrected chi connectivity index (χ1v) is 10.6. The Bertz CT molecular complexity index is 1230. The largest absolute Gasteiger partial charge is 0.497 e. The minimum absolute atomic E-state index is 0.0231. The van der Waals surface area contributed by atoms with Crippen molar-refractivity contribution in [2.75, 3.05) is 38.2 Å². The van der Waals surface area contributed by atoms with Gasteiger partial charge in [0.2, 0.25) is 0 Å². The minimum atomic E-state index is 0.0231. The van der Waals surface area contributed by atoms with Crippen molar-refractivity contribution in [3.63, 3.8) is 0 Å². The van der Waals surface area contributed by atoms with Gasteiger partial charge >= 0.3 is 0 Å². The lowest BCUT2D eigenvalue weighted by molar-refractivity contribution is 0.0746. The fourth-order valence-corrected chi connectivity index (χ4v) is 4.03. The third-order valence-corrected chi connectivity index (χ3v) is 5.77. The molecule has 0 unspecified atom stereocenters. The number of amides is 1. The Balaban J connectivity index is 1.28. The minimum Gasteiger partial charge on any atom is -0.497 e. The summed E-state index contributed by atoms with van der Waals surface area (Å²) in [5.41, 5.74) is 3.31. The van der Waals surface area contributed by atoms with Crippen LogP contribution in [-0.4, -0.2) is 64.1 Å². The highest BCUT2D eigenvalue weighted by Crippen LogP contribution is 2.20. The maximum atomic E-state index is 13.1. The van der Waals surface area contributed by atoms with Gasteiger partial charge in [-0.3, -0.25) is 4.79 Å². The van der Waals surface area contributed by atoms with Crippen LogP contribution in [0.25, 0.3) is 11.0 Å². The van der Waals surface area contributed by atoms with Crippen LogP contribution in [-0.2, 0) is 6.54 Å². The third kappa shape index (κ3) is 3.99. The predicted octanol–water partition coefficient (Wildman–Crippen LogP) is 2.85. The molecule has 8 nitrogen and oxygen atoms in total. The second kappa shape index (κ2) is 8.66. The van der Waals surface area contributed by atoms with E-state index >= 15 is 0 Å². The summed E-state index contributed by atoms with van der Waals surface area (Å²) in [5, 5.41) is 8.58. The van der Waals surface area contributed by atoms with Crippen LogP contribution in [0.4, 0.5) is 5.82 Å². The highest BCUT2D eigenvalue weighted by molar-refractivity contribution is 5.97. The zero-order valence-corrected chi connectivity index (χ0v) is 17.9. The molecule has 0 atom stereocenters. The molecule has 8 heteroatoms. The number of methoxy groups -OCH3 is 1. The number of hydrogen-bond donors (Lipinski definition) is 0. The van der Waals surface area contributed by atoms with Gasteiger partial charge in [0.15, 0.2) is 0 Å². The second-order valence-corrected chi connectivity index (χ2v) is 7.77. The molecule has 1 aliphatic rings. The Morgan fingerprint density at radius 3 is 2.66 bits per heavy atom. The Hall–Kier alpha value is -3.94. The van der Waals surface area contributed by atoms with Gasteiger partial charge in [0.05, 0.1) is 19.2 Å². The quantitative estimate of drug-likeness (QED) is 0.487. The van der Waals surface area contributed by atoms with Crippen LogP contribution >= 0.6 is 0 Å². The highest BCUT2D eigenvalue weighted by atomic mass is 16.5. The van der Waals surface area contributed by atoms with Crippen LogP contribution < -0.4 is 9.64 Å². The van der Waals surface area contributed by atoms with Crippen LogP contribution in [0.5, 0.6) is 5.75 Å². The van der Waals surface area contributed by atoms with Crippen LogP contribution in [0.2, 0.25) is 0 Å². The van der Waals surface area contributed by atoms with E-state index in [1.807, 2.05) is 70.2 Å². The van der Waals surface area contributed by atoms with Crippen LogP contribution in [0.1, 0.15) is 15.9 Å². The number of carbonyl (C=O) groups excluding carboxylic acids is 1. The molecule has 0 bridgehead atoms. The van der Waals surface area contributed by atoms with E-state index in [2.05, 4.69) is 20.2 Å². The Kier molecular flexibility index (Phi) is 5.41. The molecule has 2 aromatic carbocycles. The molecule has 0 N–H and O–H groups in total. The zero-order valence-electron chi connectivity index (χ0n) is 17.9.